The van der Waals surface area contributed by atoms with E-state index in [1.807, 2.05) is 24.3 Å². The number of hydrogen-bond acceptors (Lipinski definition) is 2. The van der Waals surface area contributed by atoms with Crippen LogP contribution in [0.25, 0.3) is 0 Å². The number of rotatable bonds is 5. The number of benzene rings is 1. The molecule has 0 fully saturated rings. The Morgan fingerprint density at radius 2 is 1.89 bits per heavy atom. The van der Waals surface area contributed by atoms with Crippen molar-refractivity contribution in [2.24, 2.45) is 0 Å². The Morgan fingerprint density at radius 1 is 1.17 bits per heavy atom. The quantitative estimate of drug-likeness (QED) is 0.763. The van der Waals surface area contributed by atoms with Crippen molar-refractivity contribution in [1.29, 1.82) is 0 Å². The molecular formula is C15H17BrO2. The Kier molecular flexibility index (Phi) is 4.48. The molecule has 3 heteroatoms. The number of ether oxygens (including phenoxy) is 1. The summed E-state index contributed by atoms with van der Waals surface area (Å²) in [5.74, 6) is 2.28. The minimum absolute atomic E-state index is 0.453. The lowest BCUT2D eigenvalue weighted by molar-refractivity contribution is 0.267. The summed E-state index contributed by atoms with van der Waals surface area (Å²) in [7, 11) is 0. The summed E-state index contributed by atoms with van der Waals surface area (Å²) < 4.78 is 11.8. The van der Waals surface area contributed by atoms with Crippen LogP contribution in [0.3, 0.4) is 0 Å². The van der Waals surface area contributed by atoms with Gasteiger partial charge < -0.3 is 9.15 Å². The van der Waals surface area contributed by atoms with E-state index in [2.05, 4.69) is 41.9 Å². The molecule has 1 atom stereocenters. The van der Waals surface area contributed by atoms with E-state index in [0.29, 0.717) is 12.5 Å². The smallest absolute Gasteiger partial charge is 0.169 e. The van der Waals surface area contributed by atoms with E-state index >= 15 is 0 Å². The van der Waals surface area contributed by atoms with Crippen LogP contribution in [-0.4, -0.2) is 0 Å². The lowest BCUT2D eigenvalue weighted by Gasteiger charge is -2.10. The molecule has 1 aromatic carbocycles. The molecule has 0 radical (unpaired) electrons. The summed E-state index contributed by atoms with van der Waals surface area (Å²) in [6, 6.07) is 12.0. The predicted molar refractivity (Wildman–Crippen MR) is 75.9 cm³/mol. The van der Waals surface area contributed by atoms with Crippen LogP contribution in [0.4, 0.5) is 0 Å². The fourth-order valence-electron chi connectivity index (χ4n) is 1.71. The highest BCUT2D eigenvalue weighted by molar-refractivity contribution is 9.10. The summed E-state index contributed by atoms with van der Waals surface area (Å²) in [4.78, 5) is 0. The second-order valence-corrected chi connectivity index (χ2v) is 5.15. The fourth-order valence-corrected chi connectivity index (χ4v) is 2.05. The van der Waals surface area contributed by atoms with Crippen LogP contribution in [0.2, 0.25) is 0 Å². The van der Waals surface area contributed by atoms with Gasteiger partial charge in [-0.1, -0.05) is 26.0 Å². The first-order valence-electron chi connectivity index (χ1n) is 6.16. The SMILES string of the molecule is CCC(C)c1ccc(OCc2ccc(Br)o2)cc1. The van der Waals surface area contributed by atoms with E-state index in [9.17, 15) is 0 Å². The Bertz CT molecular complexity index is 487. The van der Waals surface area contributed by atoms with Crippen molar-refractivity contribution in [3.63, 3.8) is 0 Å². The molecular weight excluding hydrogens is 292 g/mol. The van der Waals surface area contributed by atoms with Gasteiger partial charge in [-0.25, -0.2) is 0 Å². The van der Waals surface area contributed by atoms with Crippen molar-refractivity contribution in [2.45, 2.75) is 32.8 Å². The van der Waals surface area contributed by atoms with E-state index in [1.54, 1.807) is 0 Å². The molecule has 1 unspecified atom stereocenters. The summed E-state index contributed by atoms with van der Waals surface area (Å²) in [6.45, 7) is 4.88. The van der Waals surface area contributed by atoms with Gasteiger partial charge in [0.25, 0.3) is 0 Å². The molecule has 96 valence electrons. The third-order valence-electron chi connectivity index (χ3n) is 3.07. The standard InChI is InChI=1S/C15H17BrO2/c1-3-11(2)12-4-6-13(7-5-12)17-10-14-8-9-15(16)18-14/h4-9,11H,3,10H2,1-2H3. The van der Waals surface area contributed by atoms with Crippen molar-refractivity contribution in [1.82, 2.24) is 0 Å². The van der Waals surface area contributed by atoms with E-state index in [4.69, 9.17) is 9.15 Å². The van der Waals surface area contributed by atoms with Crippen molar-refractivity contribution in [2.75, 3.05) is 0 Å². The van der Waals surface area contributed by atoms with Gasteiger partial charge in [0.1, 0.15) is 18.1 Å². The zero-order valence-corrected chi connectivity index (χ0v) is 12.2. The molecule has 18 heavy (non-hydrogen) atoms. The average Bonchev–Trinajstić information content (AvgIpc) is 2.82. The molecule has 0 aliphatic heterocycles. The predicted octanol–water partition coefficient (Wildman–Crippen LogP) is 5.13. The van der Waals surface area contributed by atoms with Gasteiger partial charge in [-0.2, -0.15) is 0 Å². The molecule has 2 nitrogen and oxygen atoms in total. The Hall–Kier alpha value is -1.22. The van der Waals surface area contributed by atoms with Gasteiger partial charge >= 0.3 is 0 Å². The van der Waals surface area contributed by atoms with Crippen molar-refractivity contribution < 1.29 is 9.15 Å². The van der Waals surface area contributed by atoms with Crippen LogP contribution in [0.5, 0.6) is 5.75 Å². The van der Waals surface area contributed by atoms with Gasteiger partial charge in [0.05, 0.1) is 0 Å². The summed E-state index contributed by atoms with van der Waals surface area (Å²) in [6.07, 6.45) is 1.15. The highest BCUT2D eigenvalue weighted by Crippen LogP contribution is 2.22. The molecule has 1 aromatic heterocycles. The fraction of sp³-hybridized carbons (Fsp3) is 0.333. The van der Waals surface area contributed by atoms with Crippen LogP contribution in [0.1, 0.15) is 37.5 Å². The van der Waals surface area contributed by atoms with Crippen LogP contribution >= 0.6 is 15.9 Å². The molecule has 0 bridgehead atoms. The highest BCUT2D eigenvalue weighted by Gasteiger charge is 2.04. The molecule has 0 N–H and O–H groups in total. The third-order valence-corrected chi connectivity index (χ3v) is 3.50. The Morgan fingerprint density at radius 3 is 2.44 bits per heavy atom. The summed E-state index contributed by atoms with van der Waals surface area (Å²) in [5, 5.41) is 0. The summed E-state index contributed by atoms with van der Waals surface area (Å²) >= 11 is 3.27. The topological polar surface area (TPSA) is 22.4 Å². The zero-order chi connectivity index (χ0) is 13.0. The first-order chi connectivity index (χ1) is 8.69. The molecule has 0 aliphatic carbocycles. The molecule has 2 aromatic rings. The van der Waals surface area contributed by atoms with Gasteiger partial charge in [-0.05, 0) is 58.1 Å². The molecule has 0 spiro atoms. The van der Waals surface area contributed by atoms with Crippen LogP contribution in [0.15, 0.2) is 45.5 Å². The average molecular weight is 309 g/mol. The monoisotopic (exact) mass is 308 g/mol. The first kappa shape index (κ1) is 13.2. The van der Waals surface area contributed by atoms with Crippen LogP contribution in [-0.2, 0) is 6.61 Å². The maximum Gasteiger partial charge on any atom is 0.169 e. The van der Waals surface area contributed by atoms with Crippen LogP contribution in [0, 0.1) is 0 Å². The van der Waals surface area contributed by atoms with Gasteiger partial charge in [0.2, 0.25) is 0 Å². The van der Waals surface area contributed by atoms with Gasteiger partial charge in [0, 0.05) is 0 Å². The number of halogens is 1. The lowest BCUT2D eigenvalue weighted by atomic mass is 9.99. The Balaban J connectivity index is 1.94. The first-order valence-corrected chi connectivity index (χ1v) is 6.95. The highest BCUT2D eigenvalue weighted by atomic mass is 79.9. The molecule has 0 aliphatic rings. The minimum atomic E-state index is 0.453. The van der Waals surface area contributed by atoms with E-state index in [0.717, 1.165) is 22.6 Å². The second-order valence-electron chi connectivity index (χ2n) is 4.37. The van der Waals surface area contributed by atoms with Crippen LogP contribution < -0.4 is 4.74 Å². The van der Waals surface area contributed by atoms with Crippen molar-refractivity contribution in [3.8, 4) is 5.75 Å². The maximum absolute atomic E-state index is 5.66. The normalized spacial score (nSPS) is 12.4. The maximum atomic E-state index is 5.66. The van der Waals surface area contributed by atoms with Crippen molar-refractivity contribution in [3.05, 3.63) is 52.4 Å². The summed E-state index contributed by atoms with van der Waals surface area (Å²) in [5.41, 5.74) is 1.35. The van der Waals surface area contributed by atoms with E-state index in [1.165, 1.54) is 5.56 Å². The number of hydrogen-bond donors (Lipinski definition) is 0. The molecule has 0 saturated heterocycles. The molecule has 1 heterocycles. The minimum Gasteiger partial charge on any atom is -0.486 e. The second kappa shape index (κ2) is 6.10. The molecule has 2 rings (SSSR count). The zero-order valence-electron chi connectivity index (χ0n) is 10.7. The van der Waals surface area contributed by atoms with Gasteiger partial charge in [-0.15, -0.1) is 0 Å². The largest absolute Gasteiger partial charge is 0.486 e. The van der Waals surface area contributed by atoms with Gasteiger partial charge in [0.15, 0.2) is 4.67 Å². The lowest BCUT2D eigenvalue weighted by Crippen LogP contribution is -1.95. The van der Waals surface area contributed by atoms with E-state index in [-0.39, 0.29) is 0 Å². The van der Waals surface area contributed by atoms with Gasteiger partial charge in [-0.3, -0.25) is 0 Å². The number of furan rings is 1. The third kappa shape index (κ3) is 3.39. The van der Waals surface area contributed by atoms with Crippen molar-refractivity contribution >= 4 is 15.9 Å². The molecule has 0 saturated carbocycles. The van der Waals surface area contributed by atoms with E-state index < -0.39 is 0 Å². The molecule has 0 amide bonds. The Labute approximate surface area is 116 Å².